The Balaban J connectivity index is 1.97. The number of nitrogens with one attached hydrogen (secondary N) is 1. The van der Waals surface area contributed by atoms with E-state index in [-0.39, 0.29) is 6.04 Å². The van der Waals surface area contributed by atoms with Crippen LogP contribution in [0.1, 0.15) is 18.1 Å². The van der Waals surface area contributed by atoms with Crippen molar-refractivity contribution in [3.63, 3.8) is 0 Å². The van der Waals surface area contributed by atoms with Gasteiger partial charge in [0.1, 0.15) is 0 Å². The first-order valence-corrected chi connectivity index (χ1v) is 6.62. The number of hydrogen-bond donors (Lipinski definition) is 1. The first-order valence-electron chi connectivity index (χ1n) is 6.62. The number of rotatable bonds is 4. The molecule has 0 bridgehead atoms. The topological polar surface area (TPSA) is 12.0 Å². The van der Waals surface area contributed by atoms with E-state index in [0.717, 1.165) is 17.7 Å². The number of hydrogen-bond acceptors (Lipinski definition) is 1. The van der Waals surface area contributed by atoms with Gasteiger partial charge < -0.3 is 5.32 Å². The summed E-state index contributed by atoms with van der Waals surface area (Å²) < 4.78 is 37.4. The maximum absolute atomic E-state index is 12.5. The lowest BCUT2D eigenvalue weighted by Gasteiger charge is -2.12. The van der Waals surface area contributed by atoms with Gasteiger partial charge in [0.15, 0.2) is 0 Å². The summed E-state index contributed by atoms with van der Waals surface area (Å²) >= 11 is 0. The normalized spacial score (nSPS) is 13.3. The van der Waals surface area contributed by atoms with Gasteiger partial charge in [-0.3, -0.25) is 0 Å². The van der Waals surface area contributed by atoms with Gasteiger partial charge in [-0.25, -0.2) is 0 Å². The minimum atomic E-state index is -4.29. The maximum Gasteiger partial charge on any atom is 0.416 e. The second-order valence-electron chi connectivity index (χ2n) is 4.78. The molecule has 110 valence electrons. The van der Waals surface area contributed by atoms with E-state index in [1.54, 1.807) is 0 Å². The second kappa shape index (κ2) is 6.48. The molecule has 0 saturated carbocycles. The molecule has 4 heteroatoms. The molecule has 0 aromatic heterocycles. The predicted octanol–water partition coefficient (Wildman–Crippen LogP) is 5.22. The van der Waals surface area contributed by atoms with Gasteiger partial charge in [-0.1, -0.05) is 42.5 Å². The summed E-state index contributed by atoms with van der Waals surface area (Å²) in [5.41, 5.74) is 1.10. The van der Waals surface area contributed by atoms with Crippen LogP contribution in [0.5, 0.6) is 0 Å². The van der Waals surface area contributed by atoms with Gasteiger partial charge >= 0.3 is 6.18 Å². The van der Waals surface area contributed by atoms with E-state index < -0.39 is 11.7 Å². The van der Waals surface area contributed by atoms with Crippen molar-refractivity contribution in [3.8, 4) is 0 Å². The molecule has 0 spiro atoms. The summed E-state index contributed by atoms with van der Waals surface area (Å²) in [5, 5.41) is 3.14. The van der Waals surface area contributed by atoms with Gasteiger partial charge in [-0.15, -0.1) is 0 Å². The monoisotopic (exact) mass is 291 g/mol. The number of halogens is 3. The highest BCUT2D eigenvalue weighted by atomic mass is 19.4. The number of benzene rings is 2. The Morgan fingerprint density at radius 1 is 0.952 bits per heavy atom. The maximum atomic E-state index is 12.5. The van der Waals surface area contributed by atoms with Crippen molar-refractivity contribution >= 4 is 11.8 Å². The van der Waals surface area contributed by atoms with Gasteiger partial charge in [0, 0.05) is 11.7 Å². The highest BCUT2D eigenvalue weighted by Crippen LogP contribution is 2.29. The lowest BCUT2D eigenvalue weighted by atomic mass is 10.1. The van der Waals surface area contributed by atoms with E-state index in [1.165, 1.54) is 12.1 Å². The van der Waals surface area contributed by atoms with Crippen LogP contribution in [0, 0.1) is 0 Å². The highest BCUT2D eigenvalue weighted by molar-refractivity contribution is 5.52. The Labute approximate surface area is 122 Å². The molecule has 0 amide bonds. The fourth-order valence-corrected chi connectivity index (χ4v) is 1.89. The molecule has 1 atom stereocenters. The molecule has 0 fully saturated rings. The van der Waals surface area contributed by atoms with Gasteiger partial charge in [0.2, 0.25) is 0 Å². The largest absolute Gasteiger partial charge is 0.416 e. The fourth-order valence-electron chi connectivity index (χ4n) is 1.89. The van der Waals surface area contributed by atoms with Crippen LogP contribution in [0.2, 0.25) is 0 Å². The molecular formula is C17H16F3N. The van der Waals surface area contributed by atoms with E-state index in [1.807, 2.05) is 49.4 Å². The molecule has 0 radical (unpaired) electrons. The smallest absolute Gasteiger partial charge is 0.379 e. The van der Waals surface area contributed by atoms with Crippen molar-refractivity contribution in [2.75, 3.05) is 5.32 Å². The van der Waals surface area contributed by atoms with Crippen LogP contribution >= 0.6 is 0 Å². The summed E-state index contributed by atoms with van der Waals surface area (Å²) in [7, 11) is 0. The Kier molecular flexibility index (Phi) is 4.68. The van der Waals surface area contributed by atoms with Crippen LogP contribution < -0.4 is 5.32 Å². The summed E-state index contributed by atoms with van der Waals surface area (Å²) in [4.78, 5) is 0. The van der Waals surface area contributed by atoms with Crippen LogP contribution in [0.4, 0.5) is 18.9 Å². The summed E-state index contributed by atoms with van der Waals surface area (Å²) in [6.45, 7) is 1.94. The number of alkyl halides is 3. The standard InChI is InChI=1S/C17H16F3N/c1-13(7-8-14-5-3-2-4-6-14)21-16-11-9-15(10-12-16)17(18,19)20/h2-13,21H,1H3. The van der Waals surface area contributed by atoms with Crippen LogP contribution in [-0.4, -0.2) is 6.04 Å². The minimum Gasteiger partial charge on any atom is -0.379 e. The second-order valence-corrected chi connectivity index (χ2v) is 4.78. The quantitative estimate of drug-likeness (QED) is 0.814. The average Bonchev–Trinajstić information content (AvgIpc) is 2.46. The zero-order chi connectivity index (χ0) is 15.3. The molecule has 2 aromatic rings. The molecule has 2 aromatic carbocycles. The molecule has 0 aliphatic heterocycles. The third kappa shape index (κ3) is 4.67. The Morgan fingerprint density at radius 3 is 2.14 bits per heavy atom. The Morgan fingerprint density at radius 2 is 1.57 bits per heavy atom. The van der Waals surface area contributed by atoms with Crippen molar-refractivity contribution in [1.29, 1.82) is 0 Å². The summed E-state index contributed by atoms with van der Waals surface area (Å²) in [6.07, 6.45) is -0.355. The Hall–Kier alpha value is -2.23. The Bertz CT molecular complexity index is 586. The van der Waals surface area contributed by atoms with Crippen LogP contribution in [0.25, 0.3) is 6.08 Å². The van der Waals surface area contributed by atoms with Crippen molar-refractivity contribution in [1.82, 2.24) is 0 Å². The van der Waals surface area contributed by atoms with E-state index >= 15 is 0 Å². The molecular weight excluding hydrogens is 275 g/mol. The van der Waals surface area contributed by atoms with Crippen LogP contribution in [0.15, 0.2) is 60.7 Å². The van der Waals surface area contributed by atoms with Crippen LogP contribution in [0.3, 0.4) is 0 Å². The number of anilines is 1. The molecule has 0 aliphatic rings. The first-order chi connectivity index (χ1) is 9.95. The van der Waals surface area contributed by atoms with Crippen LogP contribution in [-0.2, 0) is 6.18 Å². The van der Waals surface area contributed by atoms with Gasteiger partial charge in [-0.2, -0.15) is 13.2 Å². The summed E-state index contributed by atoms with van der Waals surface area (Å²) in [6, 6.07) is 14.9. The van der Waals surface area contributed by atoms with Crippen molar-refractivity contribution in [2.24, 2.45) is 0 Å². The predicted molar refractivity (Wildman–Crippen MR) is 80.0 cm³/mol. The highest BCUT2D eigenvalue weighted by Gasteiger charge is 2.29. The zero-order valence-electron chi connectivity index (χ0n) is 11.6. The minimum absolute atomic E-state index is 0.0157. The third-order valence-electron chi connectivity index (χ3n) is 2.98. The fraction of sp³-hybridized carbons (Fsp3) is 0.176. The molecule has 0 heterocycles. The lowest BCUT2D eigenvalue weighted by molar-refractivity contribution is -0.137. The molecule has 2 rings (SSSR count). The van der Waals surface area contributed by atoms with Gasteiger partial charge in [0.25, 0.3) is 0 Å². The average molecular weight is 291 g/mol. The van der Waals surface area contributed by atoms with Gasteiger partial charge in [-0.05, 0) is 36.8 Å². The SMILES string of the molecule is CC(C=Cc1ccccc1)Nc1ccc(C(F)(F)F)cc1. The third-order valence-corrected chi connectivity index (χ3v) is 2.98. The molecule has 0 aliphatic carbocycles. The van der Waals surface area contributed by atoms with Crippen molar-refractivity contribution in [3.05, 3.63) is 71.8 Å². The van der Waals surface area contributed by atoms with Crippen molar-refractivity contribution in [2.45, 2.75) is 19.1 Å². The first kappa shape index (κ1) is 15.2. The summed E-state index contributed by atoms with van der Waals surface area (Å²) in [5.74, 6) is 0. The van der Waals surface area contributed by atoms with Gasteiger partial charge in [0.05, 0.1) is 5.56 Å². The van der Waals surface area contributed by atoms with E-state index in [2.05, 4.69) is 5.32 Å². The zero-order valence-corrected chi connectivity index (χ0v) is 11.6. The molecule has 1 unspecified atom stereocenters. The van der Waals surface area contributed by atoms with E-state index in [0.29, 0.717) is 5.69 Å². The molecule has 1 nitrogen and oxygen atoms in total. The van der Waals surface area contributed by atoms with E-state index in [4.69, 9.17) is 0 Å². The molecule has 0 saturated heterocycles. The molecule has 1 N–H and O–H groups in total. The van der Waals surface area contributed by atoms with Crippen molar-refractivity contribution < 1.29 is 13.2 Å². The lowest BCUT2D eigenvalue weighted by Crippen LogP contribution is -2.12. The van der Waals surface area contributed by atoms with E-state index in [9.17, 15) is 13.2 Å². The molecule has 21 heavy (non-hydrogen) atoms.